The average molecular weight is 303 g/mol. The number of methoxy groups -OCH3 is 1. The molecule has 0 aliphatic rings. The van der Waals surface area contributed by atoms with Gasteiger partial charge in [-0.3, -0.25) is 10.1 Å². The van der Waals surface area contributed by atoms with E-state index in [1.165, 1.54) is 12.1 Å². The van der Waals surface area contributed by atoms with Crippen LogP contribution in [0, 0.1) is 10.1 Å². The maximum Gasteiger partial charge on any atom is 0.269 e. The molecule has 2 aromatic rings. The van der Waals surface area contributed by atoms with Crippen LogP contribution in [0.2, 0.25) is 0 Å². The predicted molar refractivity (Wildman–Crippen MR) is 85.9 cm³/mol. The number of anilines is 2. The van der Waals surface area contributed by atoms with E-state index in [1.54, 1.807) is 19.2 Å². The number of hydrogen-bond donors (Lipinski definition) is 2. The van der Waals surface area contributed by atoms with Gasteiger partial charge in [0.25, 0.3) is 5.69 Å². The van der Waals surface area contributed by atoms with Crippen molar-refractivity contribution in [3.8, 4) is 5.75 Å². The Morgan fingerprint density at radius 1 is 1.14 bits per heavy atom. The van der Waals surface area contributed by atoms with Crippen LogP contribution in [0.15, 0.2) is 48.5 Å². The zero-order valence-corrected chi connectivity index (χ0v) is 12.0. The maximum atomic E-state index is 10.6. The van der Waals surface area contributed by atoms with Crippen LogP contribution in [0.5, 0.6) is 5.75 Å². The van der Waals surface area contributed by atoms with Gasteiger partial charge in [0.05, 0.1) is 17.7 Å². The van der Waals surface area contributed by atoms with Crippen LogP contribution >= 0.6 is 12.2 Å². The van der Waals surface area contributed by atoms with E-state index < -0.39 is 4.92 Å². The lowest BCUT2D eigenvalue weighted by Crippen LogP contribution is -2.19. The monoisotopic (exact) mass is 303 g/mol. The number of nitrogens with one attached hydrogen (secondary N) is 2. The second kappa shape index (κ2) is 6.67. The van der Waals surface area contributed by atoms with E-state index in [0.717, 1.165) is 5.69 Å². The number of hydrogen-bond acceptors (Lipinski definition) is 4. The minimum absolute atomic E-state index is 0.0316. The van der Waals surface area contributed by atoms with Crippen LogP contribution in [0.1, 0.15) is 0 Å². The number of nitrogens with zero attached hydrogens (tertiary/aromatic N) is 1. The van der Waals surface area contributed by atoms with Crippen molar-refractivity contribution in [1.29, 1.82) is 0 Å². The van der Waals surface area contributed by atoms with Gasteiger partial charge in [-0.1, -0.05) is 12.1 Å². The Morgan fingerprint density at radius 2 is 1.81 bits per heavy atom. The predicted octanol–water partition coefficient (Wildman–Crippen LogP) is 3.41. The highest BCUT2D eigenvalue weighted by atomic mass is 32.1. The van der Waals surface area contributed by atoms with Gasteiger partial charge in [-0.2, -0.15) is 0 Å². The molecule has 21 heavy (non-hydrogen) atoms. The minimum Gasteiger partial charge on any atom is -0.495 e. The second-order valence-electron chi connectivity index (χ2n) is 4.08. The van der Waals surface area contributed by atoms with E-state index in [0.29, 0.717) is 16.5 Å². The molecular formula is C14H13N3O3S. The summed E-state index contributed by atoms with van der Waals surface area (Å²) in [4.78, 5) is 10.1. The van der Waals surface area contributed by atoms with Crippen molar-refractivity contribution in [3.05, 3.63) is 58.6 Å². The molecule has 0 saturated heterocycles. The van der Waals surface area contributed by atoms with E-state index >= 15 is 0 Å². The fraction of sp³-hybridized carbons (Fsp3) is 0.0714. The number of nitro benzene ring substituents is 1. The van der Waals surface area contributed by atoms with E-state index in [4.69, 9.17) is 17.0 Å². The average Bonchev–Trinajstić information content (AvgIpc) is 2.48. The van der Waals surface area contributed by atoms with Crippen molar-refractivity contribution < 1.29 is 9.66 Å². The lowest BCUT2D eigenvalue weighted by molar-refractivity contribution is -0.384. The van der Waals surface area contributed by atoms with Gasteiger partial charge in [0.2, 0.25) is 0 Å². The van der Waals surface area contributed by atoms with Crippen LogP contribution in [0.3, 0.4) is 0 Å². The molecule has 108 valence electrons. The van der Waals surface area contributed by atoms with Crippen LogP contribution in [-0.2, 0) is 0 Å². The Morgan fingerprint density at radius 3 is 2.43 bits per heavy atom. The molecule has 2 aromatic carbocycles. The summed E-state index contributed by atoms with van der Waals surface area (Å²) in [5, 5.41) is 16.9. The fourth-order valence-corrected chi connectivity index (χ4v) is 1.93. The number of para-hydroxylation sites is 2. The molecule has 0 aromatic heterocycles. The van der Waals surface area contributed by atoms with Crippen molar-refractivity contribution in [2.24, 2.45) is 0 Å². The van der Waals surface area contributed by atoms with E-state index in [1.807, 2.05) is 24.3 Å². The molecule has 0 atom stereocenters. The van der Waals surface area contributed by atoms with Crippen molar-refractivity contribution in [2.45, 2.75) is 0 Å². The summed E-state index contributed by atoms with van der Waals surface area (Å²) < 4.78 is 5.21. The van der Waals surface area contributed by atoms with E-state index in [-0.39, 0.29) is 5.69 Å². The molecule has 0 unspecified atom stereocenters. The molecule has 0 aliphatic heterocycles. The fourth-order valence-electron chi connectivity index (χ4n) is 1.70. The molecule has 2 N–H and O–H groups in total. The first kappa shape index (κ1) is 14.7. The summed E-state index contributed by atoms with van der Waals surface area (Å²) in [6.07, 6.45) is 0. The highest BCUT2D eigenvalue weighted by Gasteiger charge is 2.06. The lowest BCUT2D eigenvalue weighted by Gasteiger charge is -2.13. The molecule has 0 bridgehead atoms. The van der Waals surface area contributed by atoms with Crippen LogP contribution in [0.25, 0.3) is 0 Å². The van der Waals surface area contributed by atoms with E-state index in [2.05, 4.69) is 10.6 Å². The first-order valence-corrected chi connectivity index (χ1v) is 6.46. The summed E-state index contributed by atoms with van der Waals surface area (Å²) in [6.45, 7) is 0. The third-order valence-corrected chi connectivity index (χ3v) is 2.90. The number of nitro groups is 1. The number of benzene rings is 2. The Bertz CT molecular complexity index is 659. The molecule has 0 amide bonds. The van der Waals surface area contributed by atoms with Crippen LogP contribution in [0.4, 0.5) is 17.1 Å². The Kier molecular flexibility index (Phi) is 4.68. The second-order valence-corrected chi connectivity index (χ2v) is 4.49. The number of non-ortho nitro benzene ring substituents is 1. The Balaban J connectivity index is 2.03. The topological polar surface area (TPSA) is 76.4 Å². The molecule has 0 aliphatic carbocycles. The Hall–Kier alpha value is -2.67. The van der Waals surface area contributed by atoms with Crippen molar-refractivity contribution >= 4 is 34.4 Å². The van der Waals surface area contributed by atoms with Crippen molar-refractivity contribution in [2.75, 3.05) is 17.7 Å². The smallest absolute Gasteiger partial charge is 0.269 e. The zero-order valence-electron chi connectivity index (χ0n) is 11.2. The van der Waals surface area contributed by atoms with Gasteiger partial charge in [0.1, 0.15) is 5.75 Å². The summed E-state index contributed by atoms with van der Waals surface area (Å²) in [5.41, 5.74) is 1.43. The highest BCUT2D eigenvalue weighted by molar-refractivity contribution is 7.80. The molecular weight excluding hydrogens is 290 g/mol. The number of rotatable bonds is 4. The summed E-state index contributed by atoms with van der Waals surface area (Å²) in [7, 11) is 1.58. The van der Waals surface area contributed by atoms with Gasteiger partial charge >= 0.3 is 0 Å². The zero-order chi connectivity index (χ0) is 15.2. The van der Waals surface area contributed by atoms with Crippen LogP contribution in [-0.4, -0.2) is 17.1 Å². The van der Waals surface area contributed by atoms with Crippen molar-refractivity contribution in [3.63, 3.8) is 0 Å². The van der Waals surface area contributed by atoms with Gasteiger partial charge < -0.3 is 15.4 Å². The summed E-state index contributed by atoms with van der Waals surface area (Å²) >= 11 is 5.20. The van der Waals surface area contributed by atoms with Gasteiger partial charge in [-0.25, -0.2) is 0 Å². The van der Waals surface area contributed by atoms with Crippen molar-refractivity contribution in [1.82, 2.24) is 0 Å². The maximum absolute atomic E-state index is 10.6. The molecule has 0 spiro atoms. The first-order chi connectivity index (χ1) is 10.1. The SMILES string of the molecule is COc1ccccc1NC(=S)Nc1ccc([N+](=O)[O-])cc1. The number of ether oxygens (including phenoxy) is 1. The lowest BCUT2D eigenvalue weighted by atomic mass is 10.3. The molecule has 0 radical (unpaired) electrons. The van der Waals surface area contributed by atoms with Gasteiger partial charge in [0, 0.05) is 17.8 Å². The summed E-state index contributed by atoms with van der Waals surface area (Å²) in [5.74, 6) is 0.672. The molecule has 0 heterocycles. The van der Waals surface area contributed by atoms with E-state index in [9.17, 15) is 10.1 Å². The molecule has 7 heteroatoms. The largest absolute Gasteiger partial charge is 0.495 e. The highest BCUT2D eigenvalue weighted by Crippen LogP contribution is 2.23. The minimum atomic E-state index is -0.449. The third kappa shape index (κ3) is 3.90. The summed E-state index contributed by atoms with van der Waals surface area (Å²) in [6, 6.07) is 13.4. The van der Waals surface area contributed by atoms with Gasteiger partial charge in [0.15, 0.2) is 5.11 Å². The molecule has 6 nitrogen and oxygen atoms in total. The molecule has 2 rings (SSSR count). The molecule has 0 fully saturated rings. The quantitative estimate of drug-likeness (QED) is 0.512. The Labute approximate surface area is 126 Å². The van der Waals surface area contributed by atoms with Gasteiger partial charge in [-0.15, -0.1) is 0 Å². The normalized spacial score (nSPS) is 9.76. The van der Waals surface area contributed by atoms with Gasteiger partial charge in [-0.05, 0) is 36.5 Å². The standard InChI is InChI=1S/C14H13N3O3S/c1-20-13-5-3-2-4-12(13)16-14(21)15-10-6-8-11(9-7-10)17(18)19/h2-9H,1H3,(H2,15,16,21). The van der Waals surface area contributed by atoms with Crippen LogP contribution < -0.4 is 15.4 Å². The molecule has 0 saturated carbocycles. The number of thiocarbonyl (C=S) groups is 1. The third-order valence-electron chi connectivity index (χ3n) is 2.69. The first-order valence-electron chi connectivity index (χ1n) is 6.05.